The molecule has 3 heterocycles. The van der Waals surface area contributed by atoms with Gasteiger partial charge < -0.3 is 19.1 Å². The molecule has 0 spiro atoms. The Hall–Kier alpha value is -2.91. The third-order valence-electron chi connectivity index (χ3n) is 8.73. The number of ether oxygens (including phenoxy) is 2. The minimum absolute atomic E-state index is 0.341. The molecule has 202 valence electrons. The molecule has 6 rings (SSSR count). The van der Waals surface area contributed by atoms with Crippen LogP contribution in [0.2, 0.25) is 0 Å². The maximum absolute atomic E-state index is 10.9. The molecular weight excluding hydrogens is 502 g/mol. The average molecular weight is 538 g/mol. The number of likely N-dealkylation sites (tertiary alicyclic amines) is 1. The molecule has 1 N–H and O–H groups in total. The maximum atomic E-state index is 10.9. The standard InChI is InChI=1S/C29H35N3O5S/c1-15-12-18(13-16(2)24(15)35-11-7-10-32-9-6-8-21(32)36-28(33)34)26-30-27(37-31-26)25-19-14-20-23(29(20,4)5)22(19)17(3)38-25/h12-13,20-21,23H,6-11,14H2,1-5H3,(H,33,34)/t20-,21?,23-/m1/s1. The Morgan fingerprint density at radius 3 is 2.76 bits per heavy atom. The van der Waals surface area contributed by atoms with Crippen LogP contribution >= 0.6 is 11.3 Å². The molecule has 9 heteroatoms. The molecule has 3 atom stereocenters. The summed E-state index contributed by atoms with van der Waals surface area (Å²) in [6.45, 7) is 13.2. The van der Waals surface area contributed by atoms with Crippen LogP contribution in [0.3, 0.4) is 0 Å². The minimum atomic E-state index is -1.21. The Kier molecular flexibility index (Phi) is 6.26. The molecule has 0 amide bonds. The lowest BCUT2D eigenvalue weighted by atomic mass is 9.95. The molecule has 1 unspecified atom stereocenters. The van der Waals surface area contributed by atoms with Crippen molar-refractivity contribution in [3.63, 3.8) is 0 Å². The third-order valence-corrected chi connectivity index (χ3v) is 9.89. The van der Waals surface area contributed by atoms with Crippen molar-refractivity contribution in [1.82, 2.24) is 15.0 Å². The van der Waals surface area contributed by atoms with Crippen molar-refractivity contribution in [2.24, 2.45) is 11.3 Å². The number of hydrogen-bond donors (Lipinski definition) is 1. The maximum Gasteiger partial charge on any atom is 0.507 e. The van der Waals surface area contributed by atoms with Gasteiger partial charge in [-0.1, -0.05) is 19.0 Å². The Morgan fingerprint density at radius 2 is 2.03 bits per heavy atom. The van der Waals surface area contributed by atoms with Gasteiger partial charge in [-0.25, -0.2) is 4.79 Å². The van der Waals surface area contributed by atoms with Crippen LogP contribution in [0.1, 0.15) is 66.2 Å². The summed E-state index contributed by atoms with van der Waals surface area (Å²) in [7, 11) is 0. The second-order valence-corrected chi connectivity index (χ2v) is 12.8. The van der Waals surface area contributed by atoms with E-state index in [0.29, 0.717) is 29.7 Å². The van der Waals surface area contributed by atoms with E-state index in [2.05, 4.69) is 43.0 Å². The van der Waals surface area contributed by atoms with Crippen molar-refractivity contribution >= 4 is 17.5 Å². The van der Waals surface area contributed by atoms with Crippen molar-refractivity contribution in [3.05, 3.63) is 39.3 Å². The summed E-state index contributed by atoms with van der Waals surface area (Å²) in [5.41, 5.74) is 6.33. The summed E-state index contributed by atoms with van der Waals surface area (Å²) in [6, 6.07) is 4.10. The number of rotatable bonds is 8. The zero-order valence-corrected chi connectivity index (χ0v) is 23.5. The molecule has 2 aromatic heterocycles. The van der Waals surface area contributed by atoms with Crippen molar-refractivity contribution in [2.45, 2.75) is 72.4 Å². The Morgan fingerprint density at radius 1 is 1.26 bits per heavy atom. The summed E-state index contributed by atoms with van der Waals surface area (Å²) in [4.78, 5) is 20.3. The van der Waals surface area contributed by atoms with Gasteiger partial charge in [0.1, 0.15) is 5.75 Å². The number of benzene rings is 1. The lowest BCUT2D eigenvalue weighted by Gasteiger charge is -2.23. The molecule has 3 aromatic rings. The topological polar surface area (TPSA) is 97.9 Å². The number of carbonyl (C=O) groups is 1. The smallest absolute Gasteiger partial charge is 0.493 e. The van der Waals surface area contributed by atoms with E-state index in [1.807, 2.05) is 13.8 Å². The van der Waals surface area contributed by atoms with Gasteiger partial charge in [-0.2, -0.15) is 4.98 Å². The number of thiophene rings is 1. The fourth-order valence-corrected chi connectivity index (χ4v) is 7.94. The highest BCUT2D eigenvalue weighted by Crippen LogP contribution is 2.72. The van der Waals surface area contributed by atoms with Crippen LogP contribution in [0, 0.1) is 32.1 Å². The van der Waals surface area contributed by atoms with E-state index >= 15 is 0 Å². The third kappa shape index (κ3) is 4.29. The molecule has 1 saturated carbocycles. The fraction of sp³-hybridized carbons (Fsp3) is 0.552. The van der Waals surface area contributed by atoms with E-state index in [4.69, 9.17) is 24.1 Å². The van der Waals surface area contributed by atoms with Crippen molar-refractivity contribution in [3.8, 4) is 27.9 Å². The molecule has 0 radical (unpaired) electrons. The first-order valence-electron chi connectivity index (χ1n) is 13.5. The number of nitrogens with zero attached hydrogens (tertiary/aromatic N) is 3. The minimum Gasteiger partial charge on any atom is -0.493 e. The van der Waals surface area contributed by atoms with E-state index in [-0.39, 0.29) is 6.23 Å². The quantitative estimate of drug-likeness (QED) is 0.254. The summed E-state index contributed by atoms with van der Waals surface area (Å²) in [5, 5.41) is 13.3. The van der Waals surface area contributed by atoms with Gasteiger partial charge in [0.15, 0.2) is 6.23 Å². The monoisotopic (exact) mass is 537 g/mol. The van der Waals surface area contributed by atoms with Gasteiger partial charge >= 0.3 is 6.16 Å². The van der Waals surface area contributed by atoms with Crippen LogP contribution in [0.25, 0.3) is 22.2 Å². The predicted octanol–water partition coefficient (Wildman–Crippen LogP) is 6.57. The van der Waals surface area contributed by atoms with Crippen molar-refractivity contribution in [1.29, 1.82) is 0 Å². The zero-order valence-electron chi connectivity index (χ0n) is 22.7. The van der Waals surface area contributed by atoms with Crippen LogP contribution in [-0.4, -0.2) is 52.2 Å². The molecule has 2 fully saturated rings. The SMILES string of the molecule is Cc1cc(-c2noc(-c3sc(C)c4c3C[C@@H]3[C@H]4C3(C)C)n2)cc(C)c1OCCCN1CCCC1OC(=O)O. The predicted molar refractivity (Wildman–Crippen MR) is 145 cm³/mol. The largest absolute Gasteiger partial charge is 0.507 e. The van der Waals surface area contributed by atoms with Crippen LogP contribution in [0.5, 0.6) is 5.75 Å². The molecule has 1 aromatic carbocycles. The lowest BCUT2D eigenvalue weighted by molar-refractivity contribution is -0.0147. The number of carboxylic acid groups (broad SMARTS) is 1. The van der Waals surface area contributed by atoms with Crippen molar-refractivity contribution < 1.29 is 23.9 Å². The number of aryl methyl sites for hydroxylation is 3. The van der Waals surface area contributed by atoms with E-state index in [1.165, 1.54) is 16.0 Å². The highest BCUT2D eigenvalue weighted by atomic mass is 32.1. The first-order valence-corrected chi connectivity index (χ1v) is 14.3. The van der Waals surface area contributed by atoms with Crippen LogP contribution in [0.4, 0.5) is 4.79 Å². The fourth-order valence-electron chi connectivity index (χ4n) is 6.79. The molecule has 0 bridgehead atoms. The Labute approximate surface area is 227 Å². The highest BCUT2D eigenvalue weighted by molar-refractivity contribution is 7.15. The van der Waals surface area contributed by atoms with E-state index in [9.17, 15) is 4.79 Å². The summed E-state index contributed by atoms with van der Waals surface area (Å²) in [6.07, 6.45) is 2.04. The summed E-state index contributed by atoms with van der Waals surface area (Å²) < 4.78 is 16.9. The normalized spacial score (nSPS) is 23.3. The van der Waals surface area contributed by atoms with E-state index in [1.54, 1.807) is 11.3 Å². The van der Waals surface area contributed by atoms with E-state index < -0.39 is 6.16 Å². The van der Waals surface area contributed by atoms with E-state index in [0.717, 1.165) is 72.0 Å². The molecule has 1 aliphatic heterocycles. The number of fused-ring (bicyclic) bond motifs is 3. The average Bonchev–Trinajstić information content (AvgIpc) is 3.47. The van der Waals surface area contributed by atoms with Crippen LogP contribution < -0.4 is 4.74 Å². The first-order chi connectivity index (χ1) is 18.1. The van der Waals surface area contributed by atoms with Crippen molar-refractivity contribution in [2.75, 3.05) is 19.7 Å². The summed E-state index contributed by atoms with van der Waals surface area (Å²) >= 11 is 1.78. The lowest BCUT2D eigenvalue weighted by Crippen LogP contribution is -2.34. The highest BCUT2D eigenvalue weighted by Gasteiger charge is 2.63. The second-order valence-electron chi connectivity index (χ2n) is 11.6. The second kappa shape index (κ2) is 9.38. The summed E-state index contributed by atoms with van der Waals surface area (Å²) in [5.74, 6) is 3.51. The van der Waals surface area contributed by atoms with Gasteiger partial charge in [0, 0.05) is 23.5 Å². The Bertz CT molecular complexity index is 1370. The number of aromatic nitrogens is 2. The Balaban J connectivity index is 1.11. The van der Waals surface area contributed by atoms with Gasteiger partial charge in [-0.15, -0.1) is 11.3 Å². The van der Waals surface area contributed by atoms with Gasteiger partial charge in [0.2, 0.25) is 5.82 Å². The molecule has 38 heavy (non-hydrogen) atoms. The van der Waals surface area contributed by atoms with Crippen LogP contribution in [-0.2, 0) is 11.2 Å². The van der Waals surface area contributed by atoms with Gasteiger partial charge in [-0.3, -0.25) is 4.90 Å². The van der Waals surface area contributed by atoms with Gasteiger partial charge in [0.25, 0.3) is 5.89 Å². The van der Waals surface area contributed by atoms with Gasteiger partial charge in [-0.05, 0) is 98.1 Å². The van der Waals surface area contributed by atoms with Gasteiger partial charge in [0.05, 0.1) is 11.5 Å². The molecule has 8 nitrogen and oxygen atoms in total. The molecule has 2 aliphatic carbocycles. The molecule has 3 aliphatic rings. The molecular formula is C29H35N3O5S. The van der Waals surface area contributed by atoms with Crippen LogP contribution in [0.15, 0.2) is 16.7 Å². The number of hydrogen-bond acceptors (Lipinski definition) is 8. The zero-order chi connectivity index (χ0) is 26.8. The first kappa shape index (κ1) is 25.4. The molecule has 1 saturated heterocycles.